The number of hydrogen-bond acceptors (Lipinski definition) is 5. The summed E-state index contributed by atoms with van der Waals surface area (Å²) >= 11 is 0. The zero-order valence-electron chi connectivity index (χ0n) is 21.7. The number of rotatable bonds is 5. The van der Waals surface area contributed by atoms with Gasteiger partial charge in [0, 0.05) is 19.5 Å². The highest BCUT2D eigenvalue weighted by Crippen LogP contribution is 2.49. The molecule has 196 valence electrons. The molecule has 0 amide bonds. The summed E-state index contributed by atoms with van der Waals surface area (Å²) in [5.74, 6) is 0.0743. The fraction of sp³-hybridized carbons (Fsp3) is 0.333. The molecule has 1 unspecified atom stereocenters. The predicted octanol–water partition coefficient (Wildman–Crippen LogP) is 5.74. The Labute approximate surface area is 220 Å². The van der Waals surface area contributed by atoms with Crippen molar-refractivity contribution in [2.24, 2.45) is 7.05 Å². The van der Waals surface area contributed by atoms with Crippen molar-refractivity contribution in [3.8, 4) is 11.5 Å². The van der Waals surface area contributed by atoms with Gasteiger partial charge in [0.1, 0.15) is 11.6 Å². The Morgan fingerprint density at radius 2 is 1.92 bits per heavy atom. The third-order valence-corrected chi connectivity index (χ3v) is 7.84. The van der Waals surface area contributed by atoms with Crippen LogP contribution in [-0.2, 0) is 19.4 Å². The number of ether oxygens (including phenoxy) is 2. The van der Waals surface area contributed by atoms with Crippen LogP contribution in [0.25, 0.3) is 11.0 Å². The molecule has 1 atom stereocenters. The van der Waals surface area contributed by atoms with E-state index in [1.165, 1.54) is 6.07 Å². The van der Waals surface area contributed by atoms with Gasteiger partial charge in [-0.15, -0.1) is 0 Å². The maximum atomic E-state index is 14.8. The molecule has 0 radical (unpaired) electrons. The normalized spacial score (nSPS) is 19.8. The molecule has 1 N–H and O–H groups in total. The molecule has 3 aromatic carbocycles. The number of nitrogens with zero attached hydrogens (tertiary/aromatic N) is 3. The lowest BCUT2D eigenvalue weighted by Crippen LogP contribution is -2.34. The van der Waals surface area contributed by atoms with Crippen LogP contribution in [0.4, 0.5) is 4.39 Å². The molecular formula is C30H30FN3O4. The lowest BCUT2D eigenvalue weighted by Gasteiger charge is -2.32. The molecule has 4 aromatic rings. The van der Waals surface area contributed by atoms with Crippen molar-refractivity contribution in [3.05, 3.63) is 88.5 Å². The van der Waals surface area contributed by atoms with Gasteiger partial charge in [0.05, 0.1) is 28.7 Å². The molecule has 38 heavy (non-hydrogen) atoms. The summed E-state index contributed by atoms with van der Waals surface area (Å²) in [5.41, 5.74) is 4.21. The smallest absolute Gasteiger partial charge is 0.335 e. The number of likely N-dealkylation sites (tertiary alicyclic amines) is 1. The second kappa shape index (κ2) is 9.13. The molecule has 8 heteroatoms. The van der Waals surface area contributed by atoms with E-state index in [1.54, 1.807) is 31.2 Å². The van der Waals surface area contributed by atoms with E-state index >= 15 is 0 Å². The van der Waals surface area contributed by atoms with E-state index in [0.717, 1.165) is 53.9 Å². The second-order valence-electron chi connectivity index (χ2n) is 10.5. The summed E-state index contributed by atoms with van der Waals surface area (Å²) in [4.78, 5) is 18.5. The van der Waals surface area contributed by atoms with Gasteiger partial charge in [-0.05, 0) is 80.7 Å². The van der Waals surface area contributed by atoms with E-state index in [2.05, 4.69) is 11.0 Å². The number of aromatic carboxylic acids is 1. The number of fused-ring (bicyclic) bond motifs is 2. The fourth-order valence-electron chi connectivity index (χ4n) is 5.68. The predicted molar refractivity (Wildman–Crippen MR) is 141 cm³/mol. The van der Waals surface area contributed by atoms with Crippen LogP contribution in [0.15, 0.2) is 54.6 Å². The van der Waals surface area contributed by atoms with Crippen LogP contribution in [0.3, 0.4) is 0 Å². The number of carbonyl (C=O) groups is 1. The Morgan fingerprint density at radius 3 is 2.66 bits per heavy atom. The van der Waals surface area contributed by atoms with Crippen molar-refractivity contribution in [2.75, 3.05) is 13.1 Å². The van der Waals surface area contributed by atoms with E-state index < -0.39 is 11.8 Å². The van der Waals surface area contributed by atoms with Crippen molar-refractivity contribution in [3.63, 3.8) is 0 Å². The van der Waals surface area contributed by atoms with Crippen LogP contribution >= 0.6 is 0 Å². The van der Waals surface area contributed by atoms with Gasteiger partial charge in [-0.2, -0.15) is 0 Å². The van der Waals surface area contributed by atoms with Crippen molar-refractivity contribution >= 4 is 17.0 Å². The highest BCUT2D eigenvalue weighted by molar-refractivity contribution is 5.92. The third kappa shape index (κ3) is 4.19. The summed E-state index contributed by atoms with van der Waals surface area (Å²) in [6, 6.07) is 16.1. The van der Waals surface area contributed by atoms with Gasteiger partial charge < -0.3 is 19.1 Å². The van der Waals surface area contributed by atoms with Gasteiger partial charge in [0.15, 0.2) is 11.5 Å². The second-order valence-corrected chi connectivity index (χ2v) is 10.5. The Morgan fingerprint density at radius 1 is 1.13 bits per heavy atom. The quantitative estimate of drug-likeness (QED) is 0.365. The minimum absolute atomic E-state index is 0.260. The fourth-order valence-corrected chi connectivity index (χ4v) is 5.68. The van der Waals surface area contributed by atoms with E-state index in [9.17, 15) is 14.3 Å². The molecule has 7 nitrogen and oxygen atoms in total. The molecule has 1 fully saturated rings. The zero-order chi connectivity index (χ0) is 26.6. The van der Waals surface area contributed by atoms with Crippen LogP contribution in [-0.4, -0.2) is 38.6 Å². The molecule has 2 aliphatic rings. The minimum Gasteiger partial charge on any atom is -0.478 e. The number of piperidine rings is 1. The Balaban J connectivity index is 1.17. The van der Waals surface area contributed by atoms with Crippen molar-refractivity contribution in [2.45, 2.75) is 44.9 Å². The maximum absolute atomic E-state index is 14.8. The molecule has 0 saturated carbocycles. The number of carboxylic acids is 1. The molecule has 0 aliphatic carbocycles. The lowest BCUT2D eigenvalue weighted by atomic mass is 9.88. The third-order valence-electron chi connectivity index (χ3n) is 7.84. The van der Waals surface area contributed by atoms with Crippen LogP contribution in [0.1, 0.15) is 58.6 Å². The van der Waals surface area contributed by atoms with Gasteiger partial charge in [0.25, 0.3) is 5.79 Å². The zero-order valence-corrected chi connectivity index (χ0v) is 21.7. The summed E-state index contributed by atoms with van der Waals surface area (Å²) in [6.45, 7) is 6.10. The van der Waals surface area contributed by atoms with Crippen molar-refractivity contribution in [1.82, 2.24) is 14.5 Å². The Bertz CT molecular complexity index is 1560. The Hall–Kier alpha value is -3.91. The number of aryl methyl sites for hydroxylation is 2. The Kier molecular flexibility index (Phi) is 5.87. The number of benzene rings is 3. The standard InChI is InChI=1S/C30H30FN3O4/c1-18-7-9-22(23(31)15-18)30(2)37-26-6-4-5-21(28(26)38-30)19-11-13-34(14-12-19)17-27-32-24-10-8-20(29(35)36)16-25(24)33(27)3/h4-10,15-16,19H,11-14,17H2,1-3H3,(H,35,36). The summed E-state index contributed by atoms with van der Waals surface area (Å²) in [7, 11) is 1.93. The maximum Gasteiger partial charge on any atom is 0.335 e. The van der Waals surface area contributed by atoms with E-state index in [-0.39, 0.29) is 11.4 Å². The first-order valence-corrected chi connectivity index (χ1v) is 12.9. The van der Waals surface area contributed by atoms with Crippen molar-refractivity contribution < 1.29 is 23.8 Å². The minimum atomic E-state index is -1.21. The highest BCUT2D eigenvalue weighted by Gasteiger charge is 2.42. The van der Waals surface area contributed by atoms with Gasteiger partial charge in [-0.25, -0.2) is 14.2 Å². The van der Waals surface area contributed by atoms with Gasteiger partial charge >= 0.3 is 5.97 Å². The van der Waals surface area contributed by atoms with Gasteiger partial charge in [-0.3, -0.25) is 4.90 Å². The van der Waals surface area contributed by atoms with Crippen LogP contribution in [0, 0.1) is 12.7 Å². The topological polar surface area (TPSA) is 76.8 Å². The summed E-state index contributed by atoms with van der Waals surface area (Å²) < 4.78 is 29.3. The average Bonchev–Trinajstić information content (AvgIpc) is 3.40. The van der Waals surface area contributed by atoms with Crippen LogP contribution in [0.2, 0.25) is 0 Å². The monoisotopic (exact) mass is 515 g/mol. The molecule has 1 aromatic heterocycles. The van der Waals surface area contributed by atoms with Gasteiger partial charge in [0.2, 0.25) is 0 Å². The SMILES string of the molecule is Cc1ccc(C2(C)Oc3cccc(C4CCN(Cc5nc6ccc(C(=O)O)cc6n5C)CC4)c3O2)c(F)c1. The molecule has 2 aliphatic heterocycles. The number of carboxylic acid groups (broad SMARTS) is 1. The molecule has 0 spiro atoms. The molecule has 6 rings (SSSR count). The van der Waals surface area contributed by atoms with E-state index in [1.807, 2.05) is 36.7 Å². The summed E-state index contributed by atoms with van der Waals surface area (Å²) in [6.07, 6.45) is 1.89. The molecule has 1 saturated heterocycles. The molecular weight excluding hydrogens is 485 g/mol. The molecule has 0 bridgehead atoms. The molecule has 3 heterocycles. The largest absolute Gasteiger partial charge is 0.478 e. The highest BCUT2D eigenvalue weighted by atomic mass is 19.1. The number of halogens is 1. The summed E-state index contributed by atoms with van der Waals surface area (Å²) in [5, 5.41) is 9.32. The van der Waals surface area contributed by atoms with Crippen LogP contribution in [0.5, 0.6) is 11.5 Å². The van der Waals surface area contributed by atoms with E-state index in [0.29, 0.717) is 29.5 Å². The number of imidazole rings is 1. The van der Waals surface area contributed by atoms with Crippen molar-refractivity contribution in [1.29, 1.82) is 0 Å². The van der Waals surface area contributed by atoms with Gasteiger partial charge in [-0.1, -0.05) is 18.2 Å². The number of para-hydroxylation sites is 1. The average molecular weight is 516 g/mol. The first-order valence-electron chi connectivity index (χ1n) is 12.9. The first kappa shape index (κ1) is 24.4. The van der Waals surface area contributed by atoms with E-state index in [4.69, 9.17) is 14.5 Å². The number of aromatic nitrogens is 2. The van der Waals surface area contributed by atoms with Crippen LogP contribution < -0.4 is 9.47 Å². The first-order chi connectivity index (χ1) is 18.2. The lowest BCUT2D eigenvalue weighted by molar-refractivity contribution is -0.0712. The number of hydrogen-bond donors (Lipinski definition) is 1.